The predicted molar refractivity (Wildman–Crippen MR) is 130 cm³/mol. The van der Waals surface area contributed by atoms with Gasteiger partial charge in [-0.05, 0) is 30.5 Å². The van der Waals surface area contributed by atoms with Gasteiger partial charge in [-0.1, -0.05) is 91.0 Å². The zero-order valence-electron chi connectivity index (χ0n) is 20.1. The number of hydrogen-bond acceptors (Lipinski definition) is 6. The first-order valence-electron chi connectivity index (χ1n) is 12.0. The van der Waals surface area contributed by atoms with Gasteiger partial charge in [0.15, 0.2) is 17.7 Å². The molecule has 3 aromatic rings. The number of benzene rings is 3. The third kappa shape index (κ3) is 5.05. The van der Waals surface area contributed by atoms with Crippen LogP contribution >= 0.6 is 0 Å². The fourth-order valence-electron chi connectivity index (χ4n) is 4.92. The lowest BCUT2D eigenvalue weighted by Gasteiger charge is -2.39. The largest absolute Gasteiger partial charge is 0.367 e. The average molecular weight is 477 g/mol. The van der Waals surface area contributed by atoms with Crippen LogP contribution in [0.5, 0.6) is 0 Å². The van der Waals surface area contributed by atoms with E-state index in [2.05, 4.69) is 0 Å². The predicted octanol–water partition coefficient (Wildman–Crippen LogP) is 4.55. The molecule has 184 valence electrons. The maximum atomic E-state index is 11.2. The van der Waals surface area contributed by atoms with Gasteiger partial charge in [-0.25, -0.2) is 0 Å². The zero-order valence-corrected chi connectivity index (χ0v) is 20.1. The highest BCUT2D eigenvalue weighted by molar-refractivity contribution is 5.30. The Labute approximate surface area is 206 Å². The number of aliphatic hydroxyl groups is 1. The molecule has 6 heteroatoms. The van der Waals surface area contributed by atoms with Crippen molar-refractivity contribution in [1.82, 2.24) is 0 Å². The van der Waals surface area contributed by atoms with E-state index in [0.717, 1.165) is 16.7 Å². The Bertz CT molecular complexity index is 1070. The summed E-state index contributed by atoms with van der Waals surface area (Å²) in [4.78, 5) is 0. The van der Waals surface area contributed by atoms with Crippen molar-refractivity contribution in [2.24, 2.45) is 0 Å². The first-order chi connectivity index (χ1) is 17.0. The van der Waals surface area contributed by atoms with Gasteiger partial charge in [0.05, 0.1) is 19.8 Å². The molecule has 2 heterocycles. The Kier molecular flexibility index (Phi) is 7.02. The van der Waals surface area contributed by atoms with E-state index >= 15 is 0 Å². The molecule has 0 saturated carbocycles. The summed E-state index contributed by atoms with van der Waals surface area (Å²) in [5.74, 6) is -0.784. The molecule has 2 aliphatic heterocycles. The van der Waals surface area contributed by atoms with Crippen LogP contribution in [0.1, 0.15) is 30.5 Å². The van der Waals surface area contributed by atoms with Crippen molar-refractivity contribution in [3.05, 3.63) is 108 Å². The van der Waals surface area contributed by atoms with Gasteiger partial charge >= 0.3 is 0 Å². The molecule has 2 aliphatic rings. The molecule has 1 unspecified atom stereocenters. The van der Waals surface area contributed by atoms with E-state index in [9.17, 15) is 5.11 Å². The molecule has 6 nitrogen and oxygen atoms in total. The van der Waals surface area contributed by atoms with Crippen LogP contribution in [0, 0.1) is 0 Å². The van der Waals surface area contributed by atoms with Crippen molar-refractivity contribution in [3.8, 4) is 0 Å². The second-order valence-electron chi connectivity index (χ2n) is 9.46. The molecule has 3 aromatic carbocycles. The van der Waals surface area contributed by atoms with E-state index in [1.54, 1.807) is 0 Å². The number of aliphatic hydroxyl groups excluding tert-OH is 1. The lowest BCUT2D eigenvalue weighted by atomic mass is 9.82. The van der Waals surface area contributed by atoms with Crippen LogP contribution in [-0.4, -0.2) is 42.1 Å². The standard InChI is InChI=1S/C29H32O6/c1-28(2)33-20-24(34-28)29(23-16-10-5-11-17-23)26(32-19-22-14-8-4-9-15-22)25(27(30)35-29)31-18-21-12-6-3-7-13-21/h3-17,24-27,30H,18-20H2,1-2H3/t24-,25-,26-,27?,29+/m1/s1. The first-order valence-corrected chi connectivity index (χ1v) is 12.0. The van der Waals surface area contributed by atoms with Crippen LogP contribution in [0.2, 0.25) is 0 Å². The lowest BCUT2D eigenvalue weighted by molar-refractivity contribution is -0.229. The molecule has 0 amide bonds. The van der Waals surface area contributed by atoms with Crippen molar-refractivity contribution in [3.63, 3.8) is 0 Å². The average Bonchev–Trinajstić information content (AvgIpc) is 3.39. The smallest absolute Gasteiger partial charge is 0.185 e. The van der Waals surface area contributed by atoms with E-state index < -0.39 is 36.0 Å². The maximum Gasteiger partial charge on any atom is 0.185 e. The summed E-state index contributed by atoms with van der Waals surface area (Å²) in [6.45, 7) is 4.69. The molecule has 5 atom stereocenters. The summed E-state index contributed by atoms with van der Waals surface area (Å²) in [7, 11) is 0. The summed E-state index contributed by atoms with van der Waals surface area (Å²) in [5, 5.41) is 11.2. The summed E-state index contributed by atoms with van der Waals surface area (Å²) in [6, 6.07) is 29.6. The molecule has 0 aromatic heterocycles. The molecule has 0 radical (unpaired) electrons. The summed E-state index contributed by atoms with van der Waals surface area (Å²) >= 11 is 0. The van der Waals surface area contributed by atoms with Crippen LogP contribution in [0.25, 0.3) is 0 Å². The molecule has 0 bridgehead atoms. The van der Waals surface area contributed by atoms with Crippen LogP contribution in [-0.2, 0) is 42.5 Å². The fourth-order valence-corrected chi connectivity index (χ4v) is 4.92. The maximum absolute atomic E-state index is 11.2. The van der Waals surface area contributed by atoms with Crippen molar-refractivity contribution in [1.29, 1.82) is 0 Å². The Hall–Kier alpha value is -2.58. The van der Waals surface area contributed by atoms with E-state index in [1.807, 2.05) is 105 Å². The fraction of sp³-hybridized carbons (Fsp3) is 0.379. The Morgan fingerprint density at radius 3 is 1.86 bits per heavy atom. The lowest BCUT2D eigenvalue weighted by Crippen LogP contribution is -2.52. The normalized spacial score (nSPS) is 29.9. The Morgan fingerprint density at radius 2 is 1.31 bits per heavy atom. The zero-order chi connectivity index (χ0) is 24.3. The van der Waals surface area contributed by atoms with Gasteiger partial charge in [-0.3, -0.25) is 0 Å². The van der Waals surface area contributed by atoms with Gasteiger partial charge in [0, 0.05) is 0 Å². The molecule has 2 saturated heterocycles. The quantitative estimate of drug-likeness (QED) is 0.515. The minimum atomic E-state index is -1.22. The van der Waals surface area contributed by atoms with E-state index in [0.29, 0.717) is 19.8 Å². The Morgan fingerprint density at radius 1 is 0.771 bits per heavy atom. The van der Waals surface area contributed by atoms with Crippen LogP contribution < -0.4 is 0 Å². The minimum absolute atomic E-state index is 0.297. The van der Waals surface area contributed by atoms with Crippen LogP contribution in [0.15, 0.2) is 91.0 Å². The van der Waals surface area contributed by atoms with Gasteiger partial charge in [-0.15, -0.1) is 0 Å². The number of rotatable bonds is 8. The highest BCUT2D eigenvalue weighted by Gasteiger charge is 2.64. The van der Waals surface area contributed by atoms with Gasteiger partial charge in [0.25, 0.3) is 0 Å². The molecular formula is C29H32O6. The molecule has 1 N–H and O–H groups in total. The van der Waals surface area contributed by atoms with Crippen LogP contribution in [0.3, 0.4) is 0 Å². The molecule has 0 aliphatic carbocycles. The van der Waals surface area contributed by atoms with Crippen molar-refractivity contribution < 1.29 is 28.8 Å². The minimum Gasteiger partial charge on any atom is -0.367 e. The van der Waals surface area contributed by atoms with Crippen molar-refractivity contribution in [2.45, 2.75) is 63.1 Å². The van der Waals surface area contributed by atoms with Crippen molar-refractivity contribution in [2.75, 3.05) is 6.61 Å². The summed E-state index contributed by atoms with van der Waals surface area (Å²) < 4.78 is 31.6. The first kappa shape index (κ1) is 24.1. The van der Waals surface area contributed by atoms with Gasteiger partial charge in [0.2, 0.25) is 0 Å². The molecule has 0 spiro atoms. The van der Waals surface area contributed by atoms with Gasteiger partial charge in [-0.2, -0.15) is 0 Å². The van der Waals surface area contributed by atoms with Crippen molar-refractivity contribution >= 4 is 0 Å². The number of ether oxygens (including phenoxy) is 5. The Balaban J connectivity index is 1.52. The number of hydrogen-bond donors (Lipinski definition) is 1. The molecule has 35 heavy (non-hydrogen) atoms. The monoisotopic (exact) mass is 476 g/mol. The summed E-state index contributed by atoms with van der Waals surface area (Å²) in [6.07, 6.45) is -3.13. The van der Waals surface area contributed by atoms with Gasteiger partial charge < -0.3 is 28.8 Å². The molecule has 2 fully saturated rings. The van der Waals surface area contributed by atoms with Gasteiger partial charge in [0.1, 0.15) is 18.3 Å². The topological polar surface area (TPSA) is 66.4 Å². The highest BCUT2D eigenvalue weighted by atomic mass is 16.8. The van der Waals surface area contributed by atoms with Crippen LogP contribution in [0.4, 0.5) is 0 Å². The molecule has 5 rings (SSSR count). The van der Waals surface area contributed by atoms with E-state index in [4.69, 9.17) is 23.7 Å². The summed E-state index contributed by atoms with van der Waals surface area (Å²) in [5.41, 5.74) is 1.72. The van der Waals surface area contributed by atoms with E-state index in [-0.39, 0.29) is 0 Å². The highest BCUT2D eigenvalue weighted by Crippen LogP contribution is 2.49. The second-order valence-corrected chi connectivity index (χ2v) is 9.46. The third-order valence-corrected chi connectivity index (χ3v) is 6.59. The van der Waals surface area contributed by atoms with E-state index in [1.165, 1.54) is 0 Å². The SMILES string of the molecule is CC1(C)OC[C@H]([C@]2(c3ccccc3)OC(O)[C@H](OCc3ccccc3)[C@H]2OCc2ccccc2)O1. The molecular weight excluding hydrogens is 444 g/mol. The second kappa shape index (κ2) is 10.2. The third-order valence-electron chi connectivity index (χ3n) is 6.59.